The summed E-state index contributed by atoms with van der Waals surface area (Å²) >= 11 is 3.14. The summed E-state index contributed by atoms with van der Waals surface area (Å²) in [5.74, 6) is 0.0350. The van der Waals surface area contributed by atoms with E-state index in [2.05, 4.69) is 21.2 Å². The average Bonchev–Trinajstić information content (AvgIpc) is 2.84. The number of hydrogen-bond donors (Lipinski definition) is 2. The van der Waals surface area contributed by atoms with Crippen LogP contribution in [0, 0.1) is 5.92 Å². The molecule has 88 valence electrons. The van der Waals surface area contributed by atoms with E-state index in [1.54, 1.807) is 6.07 Å². The van der Waals surface area contributed by atoms with Crippen LogP contribution in [0.5, 0.6) is 0 Å². The third kappa shape index (κ3) is 2.65. The van der Waals surface area contributed by atoms with Crippen LogP contribution in [0.15, 0.2) is 21.4 Å². The van der Waals surface area contributed by atoms with E-state index in [9.17, 15) is 9.90 Å². The summed E-state index contributed by atoms with van der Waals surface area (Å²) in [6, 6.07) is 1.63. The summed E-state index contributed by atoms with van der Waals surface area (Å²) in [6.07, 6.45) is 4.01. The van der Waals surface area contributed by atoms with Gasteiger partial charge in [-0.15, -0.1) is 0 Å². The fourth-order valence-corrected chi connectivity index (χ4v) is 2.35. The highest BCUT2D eigenvalue weighted by Crippen LogP contribution is 2.24. The Morgan fingerprint density at radius 1 is 1.62 bits per heavy atom. The van der Waals surface area contributed by atoms with Crippen molar-refractivity contribution in [3.63, 3.8) is 0 Å². The number of carbonyl (C=O) groups is 1. The lowest BCUT2D eigenvalue weighted by molar-refractivity contribution is 0.0916. The van der Waals surface area contributed by atoms with Gasteiger partial charge in [-0.1, -0.05) is 6.42 Å². The van der Waals surface area contributed by atoms with Crippen molar-refractivity contribution in [1.82, 2.24) is 5.32 Å². The predicted molar refractivity (Wildman–Crippen MR) is 62.1 cm³/mol. The van der Waals surface area contributed by atoms with Crippen LogP contribution in [0.3, 0.4) is 0 Å². The molecule has 2 unspecified atom stereocenters. The Labute approximate surface area is 102 Å². The number of aliphatic hydroxyl groups is 1. The van der Waals surface area contributed by atoms with Gasteiger partial charge in [0.25, 0.3) is 5.91 Å². The van der Waals surface area contributed by atoms with Crippen molar-refractivity contribution in [2.75, 3.05) is 6.54 Å². The first kappa shape index (κ1) is 11.7. The molecule has 1 saturated carbocycles. The molecule has 2 N–H and O–H groups in total. The Kier molecular flexibility index (Phi) is 3.66. The maximum Gasteiger partial charge on any atom is 0.254 e. The molecule has 0 aliphatic heterocycles. The number of amides is 1. The molecule has 1 heterocycles. The molecule has 2 atom stereocenters. The number of aliphatic hydroxyl groups excluding tert-OH is 1. The fraction of sp³-hybridized carbons (Fsp3) is 0.545. The van der Waals surface area contributed by atoms with E-state index in [-0.39, 0.29) is 17.9 Å². The van der Waals surface area contributed by atoms with E-state index >= 15 is 0 Å². The van der Waals surface area contributed by atoms with Gasteiger partial charge in [-0.2, -0.15) is 0 Å². The second-order valence-corrected chi connectivity index (χ2v) is 4.89. The van der Waals surface area contributed by atoms with Gasteiger partial charge in [-0.3, -0.25) is 4.79 Å². The minimum absolute atomic E-state index is 0.159. The van der Waals surface area contributed by atoms with Crippen LogP contribution in [0.1, 0.15) is 29.6 Å². The van der Waals surface area contributed by atoms with Gasteiger partial charge in [0.15, 0.2) is 4.67 Å². The third-order valence-electron chi connectivity index (χ3n) is 2.97. The lowest BCUT2D eigenvalue weighted by atomic mass is 10.1. The molecule has 0 radical (unpaired) electrons. The van der Waals surface area contributed by atoms with Crippen molar-refractivity contribution >= 4 is 21.8 Å². The summed E-state index contributed by atoms with van der Waals surface area (Å²) in [7, 11) is 0. The minimum Gasteiger partial charge on any atom is -0.457 e. The summed E-state index contributed by atoms with van der Waals surface area (Å²) in [5, 5.41) is 12.4. The molecule has 1 aromatic heterocycles. The Morgan fingerprint density at radius 2 is 2.44 bits per heavy atom. The molecule has 1 amide bonds. The van der Waals surface area contributed by atoms with E-state index in [0.717, 1.165) is 19.3 Å². The van der Waals surface area contributed by atoms with Crippen molar-refractivity contribution in [1.29, 1.82) is 0 Å². The summed E-state index contributed by atoms with van der Waals surface area (Å²) in [5.41, 5.74) is 0.499. The highest BCUT2D eigenvalue weighted by atomic mass is 79.9. The molecule has 0 saturated heterocycles. The van der Waals surface area contributed by atoms with Crippen LogP contribution in [0.4, 0.5) is 0 Å². The zero-order valence-corrected chi connectivity index (χ0v) is 10.4. The lowest BCUT2D eigenvalue weighted by Gasteiger charge is -2.14. The molecule has 4 nitrogen and oxygen atoms in total. The molecule has 0 spiro atoms. The zero-order valence-electron chi connectivity index (χ0n) is 8.78. The van der Waals surface area contributed by atoms with Crippen LogP contribution >= 0.6 is 15.9 Å². The van der Waals surface area contributed by atoms with Gasteiger partial charge in [0.1, 0.15) is 6.26 Å². The van der Waals surface area contributed by atoms with Crippen molar-refractivity contribution in [3.8, 4) is 0 Å². The lowest BCUT2D eigenvalue weighted by Crippen LogP contribution is -2.32. The average molecular weight is 288 g/mol. The largest absolute Gasteiger partial charge is 0.457 e. The van der Waals surface area contributed by atoms with E-state index in [4.69, 9.17) is 4.42 Å². The highest BCUT2D eigenvalue weighted by Gasteiger charge is 2.25. The quantitative estimate of drug-likeness (QED) is 0.893. The molecule has 5 heteroatoms. The zero-order chi connectivity index (χ0) is 11.5. The maximum absolute atomic E-state index is 11.6. The van der Waals surface area contributed by atoms with E-state index in [1.165, 1.54) is 6.26 Å². The van der Waals surface area contributed by atoms with Crippen LogP contribution in [0.25, 0.3) is 0 Å². The van der Waals surface area contributed by atoms with Crippen LogP contribution in [-0.4, -0.2) is 23.7 Å². The number of carbonyl (C=O) groups excluding carboxylic acids is 1. The van der Waals surface area contributed by atoms with Crippen LogP contribution in [0.2, 0.25) is 0 Å². The third-order valence-corrected chi connectivity index (χ3v) is 3.39. The Hall–Kier alpha value is -0.810. The molecule has 1 aromatic rings. The van der Waals surface area contributed by atoms with E-state index < -0.39 is 0 Å². The standard InChI is InChI=1S/C11H14BrNO3/c12-10-4-8(6-16-10)11(15)13-5-7-2-1-3-9(7)14/h4,6-7,9,14H,1-3,5H2,(H,13,15). The summed E-state index contributed by atoms with van der Waals surface area (Å²) in [6.45, 7) is 0.531. The Bertz CT molecular complexity index is 377. The monoisotopic (exact) mass is 287 g/mol. The van der Waals surface area contributed by atoms with Gasteiger partial charge in [0.2, 0.25) is 0 Å². The maximum atomic E-state index is 11.6. The van der Waals surface area contributed by atoms with Crippen molar-refractivity contribution < 1.29 is 14.3 Å². The topological polar surface area (TPSA) is 62.5 Å². The second-order valence-electron chi connectivity index (χ2n) is 4.11. The molecular formula is C11H14BrNO3. The summed E-state index contributed by atoms with van der Waals surface area (Å²) < 4.78 is 5.53. The number of furan rings is 1. The number of rotatable bonds is 3. The smallest absolute Gasteiger partial charge is 0.254 e. The molecule has 0 bridgehead atoms. The highest BCUT2D eigenvalue weighted by molar-refractivity contribution is 9.10. The molecule has 1 aliphatic carbocycles. The van der Waals surface area contributed by atoms with Gasteiger partial charge >= 0.3 is 0 Å². The van der Waals surface area contributed by atoms with E-state index in [1.807, 2.05) is 0 Å². The number of nitrogens with one attached hydrogen (secondary N) is 1. The molecule has 0 aromatic carbocycles. The molecule has 1 fully saturated rings. The van der Waals surface area contributed by atoms with Gasteiger partial charge in [-0.05, 0) is 28.8 Å². The molecule has 2 rings (SSSR count). The van der Waals surface area contributed by atoms with Gasteiger partial charge in [0.05, 0.1) is 11.7 Å². The fourth-order valence-electron chi connectivity index (χ4n) is 2.01. The predicted octanol–water partition coefficient (Wildman–Crippen LogP) is 1.93. The van der Waals surface area contributed by atoms with Crippen molar-refractivity contribution in [2.24, 2.45) is 5.92 Å². The minimum atomic E-state index is -0.267. The SMILES string of the molecule is O=C(NCC1CCCC1O)c1coc(Br)c1. The second kappa shape index (κ2) is 5.01. The number of hydrogen-bond acceptors (Lipinski definition) is 3. The normalized spacial score (nSPS) is 24.6. The Balaban J connectivity index is 1.84. The Morgan fingerprint density at radius 3 is 3.00 bits per heavy atom. The van der Waals surface area contributed by atoms with Crippen LogP contribution in [-0.2, 0) is 0 Å². The van der Waals surface area contributed by atoms with Crippen molar-refractivity contribution in [2.45, 2.75) is 25.4 Å². The van der Waals surface area contributed by atoms with E-state index in [0.29, 0.717) is 16.8 Å². The first-order chi connectivity index (χ1) is 7.66. The number of halogens is 1. The molecule has 16 heavy (non-hydrogen) atoms. The van der Waals surface area contributed by atoms with Gasteiger partial charge in [0, 0.05) is 18.5 Å². The van der Waals surface area contributed by atoms with Gasteiger partial charge < -0.3 is 14.8 Å². The first-order valence-electron chi connectivity index (χ1n) is 5.37. The molecule has 1 aliphatic rings. The summed E-state index contributed by atoms with van der Waals surface area (Å²) in [4.78, 5) is 11.6. The molecular weight excluding hydrogens is 274 g/mol. The van der Waals surface area contributed by atoms with Crippen molar-refractivity contribution in [3.05, 3.63) is 22.6 Å². The van der Waals surface area contributed by atoms with Crippen LogP contribution < -0.4 is 5.32 Å². The van der Waals surface area contributed by atoms with Gasteiger partial charge in [-0.25, -0.2) is 0 Å². The first-order valence-corrected chi connectivity index (χ1v) is 6.16.